The van der Waals surface area contributed by atoms with Gasteiger partial charge in [0.2, 0.25) is 0 Å². The van der Waals surface area contributed by atoms with E-state index in [9.17, 15) is 4.79 Å². The van der Waals surface area contributed by atoms with Crippen LogP contribution in [-0.2, 0) is 0 Å². The Morgan fingerprint density at radius 2 is 1.93 bits per heavy atom. The quantitative estimate of drug-likeness (QED) is 0.789. The molecule has 0 spiro atoms. The number of amides is 1. The van der Waals surface area contributed by atoms with E-state index in [1.54, 1.807) is 6.20 Å². The average Bonchev–Trinajstić information content (AvgIpc) is 2.70. The van der Waals surface area contributed by atoms with Gasteiger partial charge in [0.15, 0.2) is 0 Å². The highest BCUT2D eigenvalue weighted by molar-refractivity contribution is 5.95. The number of anilines is 2. The largest absolute Gasteiger partial charge is 0.370 e. The van der Waals surface area contributed by atoms with Crippen LogP contribution in [0.5, 0.6) is 0 Å². The molecule has 1 N–H and O–H groups in total. The van der Waals surface area contributed by atoms with Gasteiger partial charge < -0.3 is 15.1 Å². The summed E-state index contributed by atoms with van der Waals surface area (Å²) < 4.78 is 0. The molecule has 3 rings (SSSR count). The van der Waals surface area contributed by atoms with Gasteiger partial charge in [0.1, 0.15) is 5.82 Å². The lowest BCUT2D eigenvalue weighted by molar-refractivity contribution is 0.0746. The Morgan fingerprint density at radius 1 is 1.15 bits per heavy atom. The SMILES string of the molecule is CCCCNc1cc(C(=O)N2CCN(c3cccc(C)c3C)CC2)ccn1. The zero-order valence-electron chi connectivity index (χ0n) is 16.7. The maximum Gasteiger partial charge on any atom is 0.254 e. The minimum absolute atomic E-state index is 0.0940. The van der Waals surface area contributed by atoms with Gasteiger partial charge >= 0.3 is 0 Å². The second-order valence-electron chi connectivity index (χ2n) is 7.21. The first-order chi connectivity index (χ1) is 13.1. The molecule has 2 aromatic rings. The highest BCUT2D eigenvalue weighted by Gasteiger charge is 2.23. The summed E-state index contributed by atoms with van der Waals surface area (Å²) in [5.41, 5.74) is 4.64. The molecule has 0 bridgehead atoms. The van der Waals surface area contributed by atoms with E-state index in [-0.39, 0.29) is 5.91 Å². The van der Waals surface area contributed by atoms with Crippen molar-refractivity contribution in [3.63, 3.8) is 0 Å². The molecule has 1 aromatic heterocycles. The van der Waals surface area contributed by atoms with Crippen LogP contribution in [0.2, 0.25) is 0 Å². The average molecular weight is 367 g/mol. The third kappa shape index (κ3) is 4.59. The minimum atomic E-state index is 0.0940. The normalized spacial score (nSPS) is 14.3. The molecule has 1 aliphatic heterocycles. The first kappa shape index (κ1) is 19.2. The Bertz CT molecular complexity index is 782. The third-order valence-corrected chi connectivity index (χ3v) is 5.33. The van der Waals surface area contributed by atoms with Gasteiger partial charge in [-0.25, -0.2) is 4.98 Å². The number of piperazine rings is 1. The number of aromatic nitrogens is 1. The fourth-order valence-electron chi connectivity index (χ4n) is 3.46. The molecule has 0 aliphatic carbocycles. The van der Waals surface area contributed by atoms with Crippen LogP contribution in [0.3, 0.4) is 0 Å². The van der Waals surface area contributed by atoms with E-state index in [0.29, 0.717) is 5.56 Å². The summed E-state index contributed by atoms with van der Waals surface area (Å²) in [5, 5.41) is 3.29. The van der Waals surface area contributed by atoms with Crippen molar-refractivity contribution < 1.29 is 4.79 Å². The summed E-state index contributed by atoms with van der Waals surface area (Å²) in [4.78, 5) is 21.6. The van der Waals surface area contributed by atoms with E-state index in [0.717, 1.165) is 51.4 Å². The van der Waals surface area contributed by atoms with Gasteiger partial charge in [-0.1, -0.05) is 25.5 Å². The lowest BCUT2D eigenvalue weighted by atomic mass is 10.1. The molecular formula is C22H30N4O. The van der Waals surface area contributed by atoms with Gasteiger partial charge in [0.25, 0.3) is 5.91 Å². The van der Waals surface area contributed by atoms with Crippen LogP contribution in [0, 0.1) is 13.8 Å². The number of nitrogens with zero attached hydrogens (tertiary/aromatic N) is 3. The number of pyridine rings is 1. The van der Waals surface area contributed by atoms with Crippen LogP contribution in [0.15, 0.2) is 36.5 Å². The van der Waals surface area contributed by atoms with Gasteiger partial charge in [-0.15, -0.1) is 0 Å². The zero-order chi connectivity index (χ0) is 19.2. The van der Waals surface area contributed by atoms with Crippen LogP contribution in [0.4, 0.5) is 11.5 Å². The van der Waals surface area contributed by atoms with Gasteiger partial charge in [0, 0.05) is 50.2 Å². The van der Waals surface area contributed by atoms with Crippen molar-refractivity contribution in [2.45, 2.75) is 33.6 Å². The minimum Gasteiger partial charge on any atom is -0.370 e. The van der Waals surface area contributed by atoms with Gasteiger partial charge in [-0.3, -0.25) is 4.79 Å². The van der Waals surface area contributed by atoms with Crippen LogP contribution in [0.25, 0.3) is 0 Å². The van der Waals surface area contributed by atoms with Crippen LogP contribution in [0.1, 0.15) is 41.3 Å². The predicted molar refractivity (Wildman–Crippen MR) is 112 cm³/mol. The maximum absolute atomic E-state index is 12.9. The summed E-state index contributed by atoms with van der Waals surface area (Å²) >= 11 is 0. The fourth-order valence-corrected chi connectivity index (χ4v) is 3.46. The predicted octanol–water partition coefficient (Wildman–Crippen LogP) is 3.87. The van der Waals surface area contributed by atoms with E-state index < -0.39 is 0 Å². The van der Waals surface area contributed by atoms with Crippen molar-refractivity contribution in [1.82, 2.24) is 9.88 Å². The number of carbonyl (C=O) groups is 1. The summed E-state index contributed by atoms with van der Waals surface area (Å²) in [6.45, 7) is 10.6. The standard InChI is InChI=1S/C22H30N4O/c1-4-5-10-23-21-16-19(9-11-24-21)22(27)26-14-12-25(13-15-26)20-8-6-7-17(2)18(20)3/h6-9,11,16H,4-5,10,12-15H2,1-3H3,(H,23,24). The third-order valence-electron chi connectivity index (χ3n) is 5.33. The lowest BCUT2D eigenvalue weighted by Crippen LogP contribution is -2.49. The molecule has 0 unspecified atom stereocenters. The van der Waals surface area contributed by atoms with Crippen molar-refractivity contribution in [2.75, 3.05) is 42.9 Å². The molecular weight excluding hydrogens is 336 g/mol. The van der Waals surface area contributed by atoms with Crippen molar-refractivity contribution in [3.8, 4) is 0 Å². The Morgan fingerprint density at radius 3 is 2.67 bits per heavy atom. The molecule has 27 heavy (non-hydrogen) atoms. The molecule has 1 aromatic carbocycles. The summed E-state index contributed by atoms with van der Waals surface area (Å²) in [5.74, 6) is 0.875. The van der Waals surface area contributed by atoms with Gasteiger partial charge in [-0.2, -0.15) is 0 Å². The Labute approximate surface area is 162 Å². The van der Waals surface area contributed by atoms with Crippen LogP contribution < -0.4 is 10.2 Å². The molecule has 5 nitrogen and oxygen atoms in total. The van der Waals surface area contributed by atoms with Crippen molar-refractivity contribution >= 4 is 17.4 Å². The summed E-state index contributed by atoms with van der Waals surface area (Å²) in [6, 6.07) is 10.1. The van der Waals surface area contributed by atoms with E-state index >= 15 is 0 Å². The number of unbranched alkanes of at least 4 members (excludes halogenated alkanes) is 1. The Balaban J connectivity index is 1.61. The second-order valence-corrected chi connectivity index (χ2v) is 7.21. The van der Waals surface area contributed by atoms with Crippen molar-refractivity contribution in [2.24, 2.45) is 0 Å². The van der Waals surface area contributed by atoms with Crippen LogP contribution >= 0.6 is 0 Å². The smallest absolute Gasteiger partial charge is 0.254 e. The molecule has 1 aliphatic rings. The highest BCUT2D eigenvalue weighted by atomic mass is 16.2. The second kappa shape index (κ2) is 8.89. The van der Waals surface area contributed by atoms with Crippen LogP contribution in [-0.4, -0.2) is 48.5 Å². The lowest BCUT2D eigenvalue weighted by Gasteiger charge is -2.37. The molecule has 5 heteroatoms. The number of hydrogen-bond donors (Lipinski definition) is 1. The molecule has 144 valence electrons. The number of carbonyl (C=O) groups excluding carboxylic acids is 1. The highest BCUT2D eigenvalue weighted by Crippen LogP contribution is 2.24. The topological polar surface area (TPSA) is 48.5 Å². The molecule has 0 saturated carbocycles. The number of nitrogens with one attached hydrogen (secondary N) is 1. The fraction of sp³-hybridized carbons (Fsp3) is 0.455. The number of hydrogen-bond acceptors (Lipinski definition) is 4. The number of rotatable bonds is 6. The molecule has 1 amide bonds. The molecule has 2 heterocycles. The van der Waals surface area contributed by atoms with E-state index in [2.05, 4.69) is 54.2 Å². The first-order valence-corrected chi connectivity index (χ1v) is 9.90. The van der Waals surface area contributed by atoms with E-state index in [1.807, 2.05) is 17.0 Å². The monoisotopic (exact) mass is 366 g/mol. The first-order valence-electron chi connectivity index (χ1n) is 9.90. The van der Waals surface area contributed by atoms with E-state index in [1.165, 1.54) is 16.8 Å². The Hall–Kier alpha value is -2.56. The molecule has 1 saturated heterocycles. The van der Waals surface area contributed by atoms with Crippen molar-refractivity contribution in [3.05, 3.63) is 53.2 Å². The number of benzene rings is 1. The summed E-state index contributed by atoms with van der Waals surface area (Å²) in [7, 11) is 0. The van der Waals surface area contributed by atoms with E-state index in [4.69, 9.17) is 0 Å². The Kier molecular flexibility index (Phi) is 6.32. The maximum atomic E-state index is 12.9. The number of aryl methyl sites for hydroxylation is 1. The molecule has 0 atom stereocenters. The molecule has 1 fully saturated rings. The van der Waals surface area contributed by atoms with Gasteiger partial charge in [0.05, 0.1) is 0 Å². The van der Waals surface area contributed by atoms with Gasteiger partial charge in [-0.05, 0) is 49.6 Å². The van der Waals surface area contributed by atoms with Crippen molar-refractivity contribution in [1.29, 1.82) is 0 Å². The summed E-state index contributed by atoms with van der Waals surface area (Å²) in [6.07, 6.45) is 3.95. The molecule has 0 radical (unpaired) electrons. The zero-order valence-corrected chi connectivity index (χ0v) is 16.7.